The molecule has 1 aliphatic rings. The standard InChI is InChI=1S/C11H14F2N2/c1-7(14)6-15-3-2-8-4-9(12)10(13)5-11(8)15/h4-5,7H,2-3,6,14H2,1H3. The van der Waals surface area contributed by atoms with E-state index in [0.29, 0.717) is 6.54 Å². The zero-order valence-corrected chi connectivity index (χ0v) is 8.63. The quantitative estimate of drug-likeness (QED) is 0.808. The first-order valence-electron chi connectivity index (χ1n) is 5.06. The number of nitrogens with zero attached hydrogens (tertiary/aromatic N) is 1. The molecule has 0 saturated carbocycles. The third-order valence-electron chi connectivity index (χ3n) is 2.62. The molecule has 1 aromatic carbocycles. The van der Waals surface area contributed by atoms with E-state index in [1.54, 1.807) is 0 Å². The van der Waals surface area contributed by atoms with Gasteiger partial charge in [-0.1, -0.05) is 0 Å². The van der Waals surface area contributed by atoms with Crippen LogP contribution in [-0.2, 0) is 6.42 Å². The van der Waals surface area contributed by atoms with Crippen LogP contribution >= 0.6 is 0 Å². The Labute approximate surface area is 87.7 Å². The van der Waals surface area contributed by atoms with Gasteiger partial charge >= 0.3 is 0 Å². The minimum Gasteiger partial charge on any atom is -0.369 e. The second kappa shape index (κ2) is 3.77. The summed E-state index contributed by atoms with van der Waals surface area (Å²) in [5, 5.41) is 0. The topological polar surface area (TPSA) is 29.3 Å². The number of nitrogens with two attached hydrogens (primary N) is 1. The number of rotatable bonds is 2. The van der Waals surface area contributed by atoms with Crippen molar-refractivity contribution in [2.24, 2.45) is 5.73 Å². The predicted molar refractivity (Wildman–Crippen MR) is 55.9 cm³/mol. The molecule has 0 radical (unpaired) electrons. The van der Waals surface area contributed by atoms with E-state index in [2.05, 4.69) is 0 Å². The van der Waals surface area contributed by atoms with Crippen LogP contribution in [0.5, 0.6) is 0 Å². The molecular formula is C11H14F2N2. The molecule has 0 fully saturated rings. The molecule has 0 aliphatic carbocycles. The molecule has 0 bridgehead atoms. The molecule has 0 spiro atoms. The lowest BCUT2D eigenvalue weighted by atomic mass is 10.1. The van der Waals surface area contributed by atoms with Crippen LogP contribution in [0.4, 0.5) is 14.5 Å². The van der Waals surface area contributed by atoms with Crippen molar-refractivity contribution in [1.82, 2.24) is 0 Å². The predicted octanol–water partition coefficient (Wildman–Crippen LogP) is 1.67. The van der Waals surface area contributed by atoms with Gasteiger partial charge in [0, 0.05) is 30.9 Å². The average molecular weight is 212 g/mol. The number of fused-ring (bicyclic) bond motifs is 1. The van der Waals surface area contributed by atoms with E-state index >= 15 is 0 Å². The molecule has 2 nitrogen and oxygen atoms in total. The van der Waals surface area contributed by atoms with Crippen LogP contribution in [0.15, 0.2) is 12.1 Å². The highest BCUT2D eigenvalue weighted by Crippen LogP contribution is 2.29. The Morgan fingerprint density at radius 2 is 2.07 bits per heavy atom. The normalized spacial score (nSPS) is 16.7. The van der Waals surface area contributed by atoms with Gasteiger partial charge in [0.15, 0.2) is 11.6 Å². The number of anilines is 1. The number of halogens is 2. The second-order valence-corrected chi connectivity index (χ2v) is 4.07. The van der Waals surface area contributed by atoms with Crippen molar-refractivity contribution < 1.29 is 8.78 Å². The van der Waals surface area contributed by atoms with Gasteiger partial charge in [-0.25, -0.2) is 8.78 Å². The Morgan fingerprint density at radius 3 is 2.73 bits per heavy atom. The lowest BCUT2D eigenvalue weighted by molar-refractivity contribution is 0.508. The smallest absolute Gasteiger partial charge is 0.160 e. The van der Waals surface area contributed by atoms with Gasteiger partial charge in [0.25, 0.3) is 0 Å². The van der Waals surface area contributed by atoms with E-state index in [9.17, 15) is 8.78 Å². The minimum absolute atomic E-state index is 0.0315. The first-order valence-corrected chi connectivity index (χ1v) is 5.06. The first kappa shape index (κ1) is 10.4. The molecule has 4 heteroatoms. The molecule has 2 N–H and O–H groups in total. The molecule has 1 unspecified atom stereocenters. The molecule has 1 aliphatic heterocycles. The largest absolute Gasteiger partial charge is 0.369 e. The van der Waals surface area contributed by atoms with E-state index in [1.807, 2.05) is 11.8 Å². The molecule has 1 aromatic rings. The van der Waals surface area contributed by atoms with Crippen LogP contribution in [0, 0.1) is 11.6 Å². The monoisotopic (exact) mass is 212 g/mol. The fourth-order valence-electron chi connectivity index (χ4n) is 1.99. The molecule has 1 heterocycles. The van der Waals surface area contributed by atoms with Crippen LogP contribution < -0.4 is 10.6 Å². The van der Waals surface area contributed by atoms with Crippen molar-refractivity contribution in [3.05, 3.63) is 29.3 Å². The van der Waals surface area contributed by atoms with Gasteiger partial charge in [-0.15, -0.1) is 0 Å². The van der Waals surface area contributed by atoms with Crippen LogP contribution in [0.2, 0.25) is 0 Å². The third kappa shape index (κ3) is 1.95. The van der Waals surface area contributed by atoms with Gasteiger partial charge in [-0.05, 0) is 25.0 Å². The van der Waals surface area contributed by atoms with Gasteiger partial charge in [0.1, 0.15) is 0 Å². The highest BCUT2D eigenvalue weighted by molar-refractivity contribution is 5.58. The lowest BCUT2D eigenvalue weighted by Crippen LogP contribution is -2.34. The summed E-state index contributed by atoms with van der Waals surface area (Å²) in [5.41, 5.74) is 7.34. The molecule has 2 rings (SSSR count). The Bertz CT molecular complexity index is 377. The third-order valence-corrected chi connectivity index (χ3v) is 2.62. The van der Waals surface area contributed by atoms with Crippen molar-refractivity contribution in [3.8, 4) is 0 Å². The molecule has 0 amide bonds. The van der Waals surface area contributed by atoms with Gasteiger partial charge in [0.2, 0.25) is 0 Å². The maximum atomic E-state index is 13.1. The second-order valence-electron chi connectivity index (χ2n) is 4.07. The van der Waals surface area contributed by atoms with Gasteiger partial charge in [-0.2, -0.15) is 0 Å². The Kier molecular flexibility index (Phi) is 2.61. The highest BCUT2D eigenvalue weighted by atomic mass is 19.2. The van der Waals surface area contributed by atoms with Crippen LogP contribution in [0.3, 0.4) is 0 Å². The van der Waals surface area contributed by atoms with Gasteiger partial charge < -0.3 is 10.6 Å². The summed E-state index contributed by atoms with van der Waals surface area (Å²) in [6.07, 6.45) is 0.763. The summed E-state index contributed by atoms with van der Waals surface area (Å²) in [6.45, 7) is 3.37. The van der Waals surface area contributed by atoms with Crippen LogP contribution in [0.1, 0.15) is 12.5 Å². The van der Waals surface area contributed by atoms with Crippen LogP contribution in [-0.4, -0.2) is 19.1 Å². The summed E-state index contributed by atoms with van der Waals surface area (Å²) in [4.78, 5) is 2.00. The van der Waals surface area contributed by atoms with Crippen molar-refractivity contribution in [1.29, 1.82) is 0 Å². The maximum Gasteiger partial charge on any atom is 0.160 e. The van der Waals surface area contributed by atoms with E-state index in [4.69, 9.17) is 5.73 Å². The summed E-state index contributed by atoms with van der Waals surface area (Å²) >= 11 is 0. The molecular weight excluding hydrogens is 198 g/mol. The molecule has 0 saturated heterocycles. The summed E-state index contributed by atoms with van der Waals surface area (Å²) < 4.78 is 26.0. The van der Waals surface area contributed by atoms with Gasteiger partial charge in [-0.3, -0.25) is 0 Å². The lowest BCUT2D eigenvalue weighted by Gasteiger charge is -2.21. The Balaban J connectivity index is 2.30. The van der Waals surface area contributed by atoms with Crippen LogP contribution in [0.25, 0.3) is 0 Å². The maximum absolute atomic E-state index is 13.1. The molecule has 15 heavy (non-hydrogen) atoms. The van der Waals surface area contributed by atoms with Crippen molar-refractivity contribution in [3.63, 3.8) is 0 Å². The van der Waals surface area contributed by atoms with Gasteiger partial charge in [0.05, 0.1) is 0 Å². The number of hydrogen-bond donors (Lipinski definition) is 1. The van der Waals surface area contributed by atoms with Crippen molar-refractivity contribution in [2.45, 2.75) is 19.4 Å². The summed E-state index contributed by atoms with van der Waals surface area (Å²) in [5.74, 6) is -1.55. The van der Waals surface area contributed by atoms with E-state index in [1.165, 1.54) is 12.1 Å². The summed E-state index contributed by atoms with van der Waals surface area (Å²) in [6, 6.07) is 2.58. The molecule has 82 valence electrons. The zero-order chi connectivity index (χ0) is 11.0. The highest BCUT2D eigenvalue weighted by Gasteiger charge is 2.22. The van der Waals surface area contributed by atoms with E-state index < -0.39 is 11.6 Å². The number of benzene rings is 1. The van der Waals surface area contributed by atoms with E-state index in [-0.39, 0.29) is 6.04 Å². The Morgan fingerprint density at radius 1 is 1.40 bits per heavy atom. The SMILES string of the molecule is CC(N)CN1CCc2cc(F)c(F)cc21. The Hall–Kier alpha value is -1.16. The minimum atomic E-state index is -0.787. The molecule has 1 atom stereocenters. The summed E-state index contributed by atoms with van der Waals surface area (Å²) in [7, 11) is 0. The average Bonchev–Trinajstić information content (AvgIpc) is 2.49. The zero-order valence-electron chi connectivity index (χ0n) is 8.63. The first-order chi connectivity index (χ1) is 7.08. The van der Waals surface area contributed by atoms with Crippen molar-refractivity contribution >= 4 is 5.69 Å². The molecule has 0 aromatic heterocycles. The fraction of sp³-hybridized carbons (Fsp3) is 0.455. The van der Waals surface area contributed by atoms with E-state index in [0.717, 1.165) is 24.2 Å². The fourth-order valence-corrected chi connectivity index (χ4v) is 1.99. The number of hydrogen-bond acceptors (Lipinski definition) is 2. The van der Waals surface area contributed by atoms with Crippen molar-refractivity contribution in [2.75, 3.05) is 18.0 Å².